The van der Waals surface area contributed by atoms with Crippen molar-refractivity contribution in [1.82, 2.24) is 10.3 Å². The van der Waals surface area contributed by atoms with Crippen LogP contribution < -0.4 is 10.1 Å². The van der Waals surface area contributed by atoms with E-state index in [4.69, 9.17) is 14.2 Å². The average Bonchev–Trinajstić information content (AvgIpc) is 2.41. The average molecular weight is 268 g/mol. The third-order valence-electron chi connectivity index (χ3n) is 2.42. The molecule has 108 valence electrons. The van der Waals surface area contributed by atoms with E-state index in [1.807, 2.05) is 18.3 Å². The summed E-state index contributed by atoms with van der Waals surface area (Å²) >= 11 is 0. The van der Waals surface area contributed by atoms with Gasteiger partial charge in [-0.15, -0.1) is 0 Å². The summed E-state index contributed by atoms with van der Waals surface area (Å²) in [5.41, 5.74) is 1.15. The van der Waals surface area contributed by atoms with Crippen LogP contribution in [0.25, 0.3) is 0 Å². The van der Waals surface area contributed by atoms with E-state index in [-0.39, 0.29) is 0 Å². The first-order valence-corrected chi connectivity index (χ1v) is 6.60. The number of rotatable bonds is 10. The van der Waals surface area contributed by atoms with E-state index in [2.05, 4.69) is 24.1 Å². The van der Waals surface area contributed by atoms with Gasteiger partial charge < -0.3 is 19.5 Å². The molecule has 0 amide bonds. The highest BCUT2D eigenvalue weighted by atomic mass is 16.5. The Morgan fingerprint density at radius 2 is 1.95 bits per heavy atom. The van der Waals surface area contributed by atoms with Gasteiger partial charge in [0, 0.05) is 32.0 Å². The van der Waals surface area contributed by atoms with Gasteiger partial charge in [0.25, 0.3) is 0 Å². The molecule has 19 heavy (non-hydrogen) atoms. The first-order chi connectivity index (χ1) is 9.22. The summed E-state index contributed by atoms with van der Waals surface area (Å²) in [5.74, 6) is 0.628. The monoisotopic (exact) mass is 268 g/mol. The number of nitrogens with zero attached hydrogens (tertiary/aromatic N) is 1. The molecule has 0 unspecified atom stereocenters. The maximum atomic E-state index is 5.47. The van der Waals surface area contributed by atoms with Crippen LogP contribution in [0, 0.1) is 0 Å². The van der Waals surface area contributed by atoms with Gasteiger partial charge in [-0.3, -0.25) is 0 Å². The number of methoxy groups -OCH3 is 1. The van der Waals surface area contributed by atoms with Crippen LogP contribution >= 0.6 is 0 Å². The van der Waals surface area contributed by atoms with E-state index < -0.39 is 0 Å². The van der Waals surface area contributed by atoms with Crippen molar-refractivity contribution >= 4 is 0 Å². The Morgan fingerprint density at radius 3 is 2.58 bits per heavy atom. The lowest BCUT2D eigenvalue weighted by atomic mass is 10.2. The predicted octanol–water partition coefficient (Wildman–Crippen LogP) is 1.62. The van der Waals surface area contributed by atoms with Gasteiger partial charge in [-0.2, -0.15) is 0 Å². The molecule has 0 saturated carbocycles. The molecule has 1 heterocycles. The highest BCUT2D eigenvalue weighted by Gasteiger charge is 1.98. The van der Waals surface area contributed by atoms with Gasteiger partial charge in [-0.1, -0.05) is 19.9 Å². The highest BCUT2D eigenvalue weighted by molar-refractivity contribution is 5.17. The van der Waals surface area contributed by atoms with Crippen molar-refractivity contribution in [2.45, 2.75) is 26.4 Å². The second-order valence-corrected chi connectivity index (χ2v) is 4.49. The predicted molar refractivity (Wildman–Crippen MR) is 74.4 cm³/mol. The molecule has 0 saturated heterocycles. The molecule has 0 radical (unpaired) electrons. The zero-order valence-electron chi connectivity index (χ0n) is 12.0. The fraction of sp³-hybridized carbons (Fsp3) is 0.643. The molecular formula is C14H24N2O3. The molecule has 0 spiro atoms. The van der Waals surface area contributed by atoms with Gasteiger partial charge in [-0.25, -0.2) is 4.98 Å². The molecule has 0 aliphatic heterocycles. The topological polar surface area (TPSA) is 52.6 Å². The Morgan fingerprint density at radius 1 is 1.16 bits per heavy atom. The number of aromatic nitrogens is 1. The summed E-state index contributed by atoms with van der Waals surface area (Å²) in [6.45, 7) is 7.30. The Kier molecular flexibility index (Phi) is 8.13. The Balaban J connectivity index is 2.17. The van der Waals surface area contributed by atoms with Crippen molar-refractivity contribution in [1.29, 1.82) is 0 Å². The molecule has 1 N–H and O–H groups in total. The lowest BCUT2D eigenvalue weighted by Crippen LogP contribution is -2.21. The second kappa shape index (κ2) is 9.72. The zero-order chi connectivity index (χ0) is 13.9. The van der Waals surface area contributed by atoms with Crippen LogP contribution in [0.1, 0.15) is 19.4 Å². The minimum atomic E-state index is 0.472. The van der Waals surface area contributed by atoms with Gasteiger partial charge >= 0.3 is 0 Å². The van der Waals surface area contributed by atoms with Crippen LogP contribution in [0.3, 0.4) is 0 Å². The molecule has 0 fully saturated rings. The SMILES string of the molecule is COCCOCCOc1ccc(CNC(C)C)cn1. The van der Waals surface area contributed by atoms with Gasteiger partial charge in [0.2, 0.25) is 5.88 Å². The molecule has 1 aromatic heterocycles. The fourth-order valence-electron chi connectivity index (χ4n) is 1.37. The Bertz CT molecular complexity index is 328. The first kappa shape index (κ1) is 15.9. The Hall–Kier alpha value is -1.17. The largest absolute Gasteiger partial charge is 0.475 e. The third kappa shape index (κ3) is 7.77. The molecule has 0 aromatic carbocycles. The van der Waals surface area contributed by atoms with Crippen LogP contribution in [-0.2, 0) is 16.0 Å². The summed E-state index contributed by atoms with van der Waals surface area (Å²) < 4.78 is 15.6. The highest BCUT2D eigenvalue weighted by Crippen LogP contribution is 2.07. The summed E-state index contributed by atoms with van der Waals surface area (Å²) in [4.78, 5) is 4.25. The molecule has 5 nitrogen and oxygen atoms in total. The van der Waals surface area contributed by atoms with Crippen molar-refractivity contribution in [2.75, 3.05) is 33.5 Å². The molecule has 5 heteroatoms. The van der Waals surface area contributed by atoms with E-state index >= 15 is 0 Å². The van der Waals surface area contributed by atoms with Crippen LogP contribution in [0.15, 0.2) is 18.3 Å². The molecular weight excluding hydrogens is 244 g/mol. The molecule has 1 rings (SSSR count). The lowest BCUT2D eigenvalue weighted by Gasteiger charge is -2.09. The number of hydrogen-bond donors (Lipinski definition) is 1. The van der Waals surface area contributed by atoms with Crippen LogP contribution in [0.5, 0.6) is 5.88 Å². The van der Waals surface area contributed by atoms with Crippen LogP contribution in [-0.4, -0.2) is 44.6 Å². The zero-order valence-corrected chi connectivity index (χ0v) is 12.0. The normalized spacial score (nSPS) is 10.9. The number of nitrogens with one attached hydrogen (secondary N) is 1. The van der Waals surface area contributed by atoms with E-state index in [0.717, 1.165) is 12.1 Å². The van der Waals surface area contributed by atoms with Crippen molar-refractivity contribution in [3.63, 3.8) is 0 Å². The fourth-order valence-corrected chi connectivity index (χ4v) is 1.37. The summed E-state index contributed by atoms with van der Waals surface area (Å²) in [5, 5.41) is 3.34. The van der Waals surface area contributed by atoms with Crippen molar-refractivity contribution in [2.24, 2.45) is 0 Å². The van der Waals surface area contributed by atoms with Gasteiger partial charge in [0.05, 0.1) is 19.8 Å². The molecule has 0 aliphatic carbocycles. The molecule has 0 atom stereocenters. The van der Waals surface area contributed by atoms with Crippen molar-refractivity contribution < 1.29 is 14.2 Å². The summed E-state index contributed by atoms with van der Waals surface area (Å²) in [6, 6.07) is 4.37. The van der Waals surface area contributed by atoms with Crippen LogP contribution in [0.2, 0.25) is 0 Å². The van der Waals surface area contributed by atoms with E-state index in [1.165, 1.54) is 0 Å². The summed E-state index contributed by atoms with van der Waals surface area (Å²) in [7, 11) is 1.65. The second-order valence-electron chi connectivity index (χ2n) is 4.49. The van der Waals surface area contributed by atoms with Gasteiger partial charge in [-0.05, 0) is 5.56 Å². The standard InChI is InChI=1S/C14H24N2O3/c1-12(2)15-10-13-4-5-14(16-11-13)19-9-8-18-7-6-17-3/h4-5,11-12,15H,6-10H2,1-3H3. The van der Waals surface area contributed by atoms with E-state index in [9.17, 15) is 0 Å². The number of ether oxygens (including phenoxy) is 3. The van der Waals surface area contributed by atoms with Crippen LogP contribution in [0.4, 0.5) is 0 Å². The van der Waals surface area contributed by atoms with Gasteiger partial charge in [0.1, 0.15) is 6.61 Å². The lowest BCUT2D eigenvalue weighted by molar-refractivity contribution is 0.0537. The number of pyridine rings is 1. The first-order valence-electron chi connectivity index (χ1n) is 6.60. The molecule has 1 aromatic rings. The van der Waals surface area contributed by atoms with Crippen molar-refractivity contribution in [3.8, 4) is 5.88 Å². The number of hydrogen-bond acceptors (Lipinski definition) is 5. The minimum absolute atomic E-state index is 0.472. The summed E-state index contributed by atoms with van der Waals surface area (Å²) in [6.07, 6.45) is 1.83. The van der Waals surface area contributed by atoms with Crippen molar-refractivity contribution in [3.05, 3.63) is 23.9 Å². The smallest absolute Gasteiger partial charge is 0.213 e. The molecule has 0 aliphatic rings. The maximum Gasteiger partial charge on any atom is 0.213 e. The van der Waals surface area contributed by atoms with Gasteiger partial charge in [0.15, 0.2) is 0 Å². The van der Waals surface area contributed by atoms with E-state index in [1.54, 1.807) is 7.11 Å². The third-order valence-corrected chi connectivity index (χ3v) is 2.42. The maximum absolute atomic E-state index is 5.47. The Labute approximate surface area is 115 Å². The van der Waals surface area contributed by atoms with E-state index in [0.29, 0.717) is 38.3 Å². The molecule has 0 bridgehead atoms. The minimum Gasteiger partial charge on any atom is -0.475 e. The quantitative estimate of drug-likeness (QED) is 0.654.